The van der Waals surface area contributed by atoms with Crippen molar-refractivity contribution in [3.05, 3.63) is 54.5 Å². The van der Waals surface area contributed by atoms with Crippen LogP contribution >= 0.6 is 11.8 Å². The van der Waals surface area contributed by atoms with Gasteiger partial charge in [0, 0.05) is 43.9 Å². The first-order chi connectivity index (χ1) is 13.3. The van der Waals surface area contributed by atoms with Crippen LogP contribution in [0.2, 0.25) is 0 Å². The number of guanidine groups is 1. The molecule has 1 unspecified atom stereocenters. The van der Waals surface area contributed by atoms with Gasteiger partial charge in [0.25, 0.3) is 5.91 Å². The lowest BCUT2D eigenvalue weighted by molar-refractivity contribution is 0.0926. The molecule has 0 spiro atoms. The number of nitrogens with zero attached hydrogens (tertiary/aromatic N) is 2. The van der Waals surface area contributed by atoms with Gasteiger partial charge < -0.3 is 20.0 Å². The molecule has 0 radical (unpaired) electrons. The Balaban J connectivity index is 1.36. The SMILES string of the molecule is CN=C(NCCNC(=O)c1ccco1)N1CCC(CSc2ccccc2)C1. The molecule has 144 valence electrons. The molecule has 2 heterocycles. The number of hydrogen-bond donors (Lipinski definition) is 2. The molecule has 1 amide bonds. The van der Waals surface area contributed by atoms with Crippen LogP contribution in [0.3, 0.4) is 0 Å². The Morgan fingerprint density at radius 1 is 1.22 bits per heavy atom. The lowest BCUT2D eigenvalue weighted by Crippen LogP contribution is -2.43. The van der Waals surface area contributed by atoms with Crippen LogP contribution in [0.15, 0.2) is 63.0 Å². The van der Waals surface area contributed by atoms with Gasteiger partial charge in [-0.05, 0) is 36.6 Å². The first-order valence-corrected chi connectivity index (χ1v) is 10.2. The lowest BCUT2D eigenvalue weighted by atomic mass is 10.2. The van der Waals surface area contributed by atoms with Crippen LogP contribution in [0.25, 0.3) is 0 Å². The van der Waals surface area contributed by atoms with Gasteiger partial charge in [-0.2, -0.15) is 0 Å². The van der Waals surface area contributed by atoms with Crippen molar-refractivity contribution in [3.63, 3.8) is 0 Å². The molecule has 2 aromatic rings. The highest BCUT2D eigenvalue weighted by Gasteiger charge is 2.24. The van der Waals surface area contributed by atoms with Crippen molar-refractivity contribution >= 4 is 23.6 Å². The number of rotatable bonds is 7. The molecule has 1 aromatic carbocycles. The van der Waals surface area contributed by atoms with Crippen LogP contribution in [0.5, 0.6) is 0 Å². The number of likely N-dealkylation sites (tertiary alicyclic amines) is 1. The number of amides is 1. The van der Waals surface area contributed by atoms with E-state index in [4.69, 9.17) is 4.42 Å². The Bertz CT molecular complexity index is 734. The number of carbonyl (C=O) groups is 1. The van der Waals surface area contributed by atoms with Crippen molar-refractivity contribution in [1.29, 1.82) is 0 Å². The molecule has 1 fully saturated rings. The smallest absolute Gasteiger partial charge is 0.287 e. The lowest BCUT2D eigenvalue weighted by Gasteiger charge is -2.21. The van der Waals surface area contributed by atoms with Gasteiger partial charge >= 0.3 is 0 Å². The average Bonchev–Trinajstić information content (AvgIpc) is 3.39. The van der Waals surface area contributed by atoms with Gasteiger partial charge in [-0.1, -0.05) is 18.2 Å². The molecule has 1 aliphatic heterocycles. The summed E-state index contributed by atoms with van der Waals surface area (Å²) in [5.74, 6) is 2.81. The minimum absolute atomic E-state index is 0.198. The van der Waals surface area contributed by atoms with Gasteiger partial charge in [0.15, 0.2) is 11.7 Å². The molecule has 1 atom stereocenters. The van der Waals surface area contributed by atoms with E-state index in [0.29, 0.717) is 24.8 Å². The topological polar surface area (TPSA) is 69.9 Å². The Morgan fingerprint density at radius 3 is 2.78 bits per heavy atom. The predicted molar refractivity (Wildman–Crippen MR) is 109 cm³/mol. The Hall–Kier alpha value is -2.41. The molecule has 0 saturated carbocycles. The molecule has 1 aromatic heterocycles. The van der Waals surface area contributed by atoms with Gasteiger partial charge in [0.2, 0.25) is 0 Å². The summed E-state index contributed by atoms with van der Waals surface area (Å²) in [6, 6.07) is 13.9. The van der Waals surface area contributed by atoms with Crippen molar-refractivity contribution in [3.8, 4) is 0 Å². The fourth-order valence-electron chi connectivity index (χ4n) is 3.07. The normalized spacial score (nSPS) is 17.1. The number of thioether (sulfide) groups is 1. The minimum atomic E-state index is -0.198. The van der Waals surface area contributed by atoms with E-state index in [1.165, 1.54) is 17.6 Å². The molecule has 1 aliphatic rings. The fraction of sp³-hybridized carbons (Fsp3) is 0.400. The Kier molecular flexibility index (Phi) is 7.21. The van der Waals surface area contributed by atoms with Gasteiger partial charge in [-0.15, -0.1) is 11.8 Å². The van der Waals surface area contributed by atoms with Crippen molar-refractivity contribution in [2.75, 3.05) is 39.0 Å². The molecule has 6 nitrogen and oxygen atoms in total. The highest BCUT2D eigenvalue weighted by molar-refractivity contribution is 7.99. The number of hydrogen-bond acceptors (Lipinski definition) is 4. The first kappa shape index (κ1) is 19.4. The zero-order valence-electron chi connectivity index (χ0n) is 15.6. The van der Waals surface area contributed by atoms with Crippen LogP contribution in [0.1, 0.15) is 17.0 Å². The van der Waals surface area contributed by atoms with E-state index in [-0.39, 0.29) is 5.91 Å². The molecule has 0 bridgehead atoms. The molecular weight excluding hydrogens is 360 g/mol. The number of carbonyl (C=O) groups excluding carboxylic acids is 1. The summed E-state index contributed by atoms with van der Waals surface area (Å²) in [4.78, 5) is 19.8. The summed E-state index contributed by atoms with van der Waals surface area (Å²) in [6.45, 7) is 3.16. The third-order valence-electron chi connectivity index (χ3n) is 4.46. The maximum atomic E-state index is 11.8. The van der Waals surface area contributed by atoms with E-state index in [9.17, 15) is 4.79 Å². The maximum Gasteiger partial charge on any atom is 0.287 e. The summed E-state index contributed by atoms with van der Waals surface area (Å²) < 4.78 is 5.08. The van der Waals surface area contributed by atoms with Crippen LogP contribution in [0, 0.1) is 5.92 Å². The highest BCUT2D eigenvalue weighted by Crippen LogP contribution is 2.25. The van der Waals surface area contributed by atoms with Gasteiger partial charge in [0.05, 0.1) is 6.26 Å². The molecule has 7 heteroatoms. The maximum absolute atomic E-state index is 11.8. The third-order valence-corrected chi connectivity index (χ3v) is 5.71. The van der Waals surface area contributed by atoms with E-state index in [1.54, 1.807) is 19.2 Å². The number of furan rings is 1. The molecule has 3 rings (SSSR count). The van der Waals surface area contributed by atoms with E-state index < -0.39 is 0 Å². The third kappa shape index (κ3) is 5.79. The van der Waals surface area contributed by atoms with Gasteiger partial charge in [0.1, 0.15) is 0 Å². The zero-order valence-corrected chi connectivity index (χ0v) is 16.4. The zero-order chi connectivity index (χ0) is 18.9. The van der Waals surface area contributed by atoms with E-state index in [0.717, 1.165) is 24.8 Å². The standard InChI is InChI=1S/C20H26N4O2S/c1-21-20(23-11-10-22-19(25)18-8-5-13-26-18)24-12-9-16(14-24)15-27-17-6-3-2-4-7-17/h2-8,13,16H,9-12,14-15H2,1H3,(H,21,23)(H,22,25). The monoisotopic (exact) mass is 386 g/mol. The van der Waals surface area contributed by atoms with Gasteiger partial charge in [-0.3, -0.25) is 9.79 Å². The molecule has 0 aliphatic carbocycles. The molecular formula is C20H26N4O2S. The summed E-state index contributed by atoms with van der Waals surface area (Å²) in [6.07, 6.45) is 2.67. The second kappa shape index (κ2) is 10.1. The van der Waals surface area contributed by atoms with Crippen LogP contribution in [-0.4, -0.2) is 55.7 Å². The second-order valence-electron chi connectivity index (χ2n) is 6.43. The fourth-order valence-corrected chi connectivity index (χ4v) is 4.12. The van der Waals surface area contributed by atoms with E-state index in [2.05, 4.69) is 44.8 Å². The second-order valence-corrected chi connectivity index (χ2v) is 7.53. The van der Waals surface area contributed by atoms with Crippen molar-refractivity contribution in [2.24, 2.45) is 10.9 Å². The first-order valence-electron chi connectivity index (χ1n) is 9.21. The van der Waals surface area contributed by atoms with Crippen LogP contribution in [0.4, 0.5) is 0 Å². The Labute approximate surface area is 164 Å². The summed E-state index contributed by atoms with van der Waals surface area (Å²) >= 11 is 1.92. The molecule has 27 heavy (non-hydrogen) atoms. The van der Waals surface area contributed by atoms with Crippen molar-refractivity contribution in [1.82, 2.24) is 15.5 Å². The summed E-state index contributed by atoms with van der Waals surface area (Å²) in [5.41, 5.74) is 0. The minimum Gasteiger partial charge on any atom is -0.459 e. The average molecular weight is 387 g/mol. The van der Waals surface area contributed by atoms with Crippen molar-refractivity contribution < 1.29 is 9.21 Å². The van der Waals surface area contributed by atoms with Crippen LogP contribution < -0.4 is 10.6 Å². The number of nitrogens with one attached hydrogen (secondary N) is 2. The number of aliphatic imine (C=N–C) groups is 1. The summed E-state index contributed by atoms with van der Waals surface area (Å²) in [5, 5.41) is 6.16. The largest absolute Gasteiger partial charge is 0.459 e. The Morgan fingerprint density at radius 2 is 2.04 bits per heavy atom. The van der Waals surface area contributed by atoms with Gasteiger partial charge in [-0.25, -0.2) is 0 Å². The predicted octanol–water partition coefficient (Wildman–Crippen LogP) is 2.70. The molecule has 2 N–H and O–H groups in total. The highest BCUT2D eigenvalue weighted by atomic mass is 32.2. The van der Waals surface area contributed by atoms with E-state index in [1.807, 2.05) is 17.8 Å². The molecule has 1 saturated heterocycles. The van der Waals surface area contributed by atoms with E-state index >= 15 is 0 Å². The number of benzene rings is 1. The quantitative estimate of drug-likeness (QED) is 0.331. The summed E-state index contributed by atoms with van der Waals surface area (Å²) in [7, 11) is 1.80. The van der Waals surface area contributed by atoms with Crippen LogP contribution in [-0.2, 0) is 0 Å². The van der Waals surface area contributed by atoms with Crippen molar-refractivity contribution in [2.45, 2.75) is 11.3 Å².